The summed E-state index contributed by atoms with van der Waals surface area (Å²) in [6.07, 6.45) is 0.249. The smallest absolute Gasteiger partial charge is 0.231 e. The number of aryl methyl sites for hydroxylation is 4. The van der Waals surface area contributed by atoms with E-state index in [4.69, 9.17) is 9.51 Å². The van der Waals surface area contributed by atoms with Crippen LogP contribution in [0.5, 0.6) is 0 Å². The summed E-state index contributed by atoms with van der Waals surface area (Å²) in [4.78, 5) is 17.2. The van der Waals surface area contributed by atoms with Gasteiger partial charge in [-0.3, -0.25) is 9.36 Å². The highest BCUT2D eigenvalue weighted by atomic mass is 32.1. The molecule has 154 valence electrons. The summed E-state index contributed by atoms with van der Waals surface area (Å²) >= 11 is 1.50. The van der Waals surface area contributed by atoms with E-state index in [1.807, 2.05) is 58.2 Å². The quantitative estimate of drug-likeness (QED) is 0.475. The van der Waals surface area contributed by atoms with E-state index in [2.05, 4.69) is 27.2 Å². The van der Waals surface area contributed by atoms with Gasteiger partial charge in [0.2, 0.25) is 5.91 Å². The molecule has 4 aromatic rings. The molecule has 0 bridgehead atoms. The average molecular weight is 421 g/mol. The molecule has 3 aromatic heterocycles. The van der Waals surface area contributed by atoms with Crippen molar-refractivity contribution < 1.29 is 9.32 Å². The van der Waals surface area contributed by atoms with Crippen LogP contribution in [0.3, 0.4) is 0 Å². The summed E-state index contributed by atoms with van der Waals surface area (Å²) in [5, 5.41) is 9.90. The lowest BCUT2D eigenvalue weighted by Gasteiger charge is -2.08. The predicted octanol–water partition coefficient (Wildman–Crippen LogP) is 5.31. The molecule has 6 nitrogen and oxygen atoms in total. The number of hydrogen-bond acceptors (Lipinski definition) is 5. The standard InChI is InChI=1S/C23H24N4O2S/c1-13-6-7-19(14(2)8-13)24-22(28)11-23-25-20(12-30-23)18-9-15(3)27(17(18)5)21-10-16(4)29-26-21/h6-10,12H,11H2,1-5H3,(H,24,28). The van der Waals surface area contributed by atoms with Crippen LogP contribution in [-0.4, -0.2) is 20.6 Å². The van der Waals surface area contributed by atoms with E-state index < -0.39 is 0 Å². The van der Waals surface area contributed by atoms with Crippen LogP contribution in [0.2, 0.25) is 0 Å². The van der Waals surface area contributed by atoms with Gasteiger partial charge in [-0.25, -0.2) is 4.98 Å². The summed E-state index contributed by atoms with van der Waals surface area (Å²) in [7, 11) is 0. The van der Waals surface area contributed by atoms with Gasteiger partial charge < -0.3 is 9.84 Å². The van der Waals surface area contributed by atoms with Crippen molar-refractivity contribution in [3.63, 3.8) is 0 Å². The number of benzene rings is 1. The molecule has 1 N–H and O–H groups in total. The third kappa shape index (κ3) is 3.93. The minimum Gasteiger partial charge on any atom is -0.360 e. The minimum atomic E-state index is -0.0635. The zero-order valence-corrected chi connectivity index (χ0v) is 18.6. The van der Waals surface area contributed by atoms with Crippen LogP contribution in [0.1, 0.15) is 33.3 Å². The second kappa shape index (κ2) is 7.91. The van der Waals surface area contributed by atoms with Gasteiger partial charge >= 0.3 is 0 Å². The second-order valence-corrected chi connectivity index (χ2v) is 8.53. The fourth-order valence-corrected chi connectivity index (χ4v) is 4.43. The Morgan fingerprint density at radius 2 is 1.93 bits per heavy atom. The third-order valence-electron chi connectivity index (χ3n) is 5.07. The highest BCUT2D eigenvalue weighted by molar-refractivity contribution is 7.10. The first kappa shape index (κ1) is 20.1. The first-order chi connectivity index (χ1) is 14.3. The fourth-order valence-electron chi connectivity index (χ4n) is 3.63. The summed E-state index contributed by atoms with van der Waals surface area (Å²) in [6.45, 7) is 9.98. The van der Waals surface area contributed by atoms with Crippen LogP contribution in [0, 0.1) is 34.6 Å². The van der Waals surface area contributed by atoms with Crippen molar-refractivity contribution in [2.24, 2.45) is 0 Å². The molecule has 0 saturated heterocycles. The van der Waals surface area contributed by atoms with Crippen molar-refractivity contribution in [1.29, 1.82) is 0 Å². The largest absolute Gasteiger partial charge is 0.360 e. The van der Waals surface area contributed by atoms with E-state index in [0.29, 0.717) is 0 Å². The number of aromatic nitrogens is 3. The Kier molecular flexibility index (Phi) is 5.30. The molecule has 0 aliphatic heterocycles. The van der Waals surface area contributed by atoms with E-state index in [1.54, 1.807) is 0 Å². The van der Waals surface area contributed by atoms with Crippen molar-refractivity contribution in [3.8, 4) is 17.1 Å². The van der Waals surface area contributed by atoms with E-state index in [9.17, 15) is 4.79 Å². The molecular formula is C23H24N4O2S. The summed E-state index contributed by atoms with van der Waals surface area (Å²) in [5.74, 6) is 1.47. The number of amides is 1. The van der Waals surface area contributed by atoms with Gasteiger partial charge in [-0.2, -0.15) is 0 Å². The molecule has 0 spiro atoms. The SMILES string of the molecule is Cc1ccc(NC(=O)Cc2nc(-c3cc(C)n(-c4cc(C)on4)c3C)cs2)c(C)c1. The molecular weight excluding hydrogens is 396 g/mol. The highest BCUT2D eigenvalue weighted by Gasteiger charge is 2.17. The number of carbonyl (C=O) groups excluding carboxylic acids is 1. The minimum absolute atomic E-state index is 0.0635. The lowest BCUT2D eigenvalue weighted by atomic mass is 10.1. The molecule has 0 radical (unpaired) electrons. The average Bonchev–Trinajstić information content (AvgIpc) is 3.37. The van der Waals surface area contributed by atoms with Gasteiger partial charge in [0, 0.05) is 34.1 Å². The van der Waals surface area contributed by atoms with Crippen LogP contribution in [0.25, 0.3) is 17.1 Å². The van der Waals surface area contributed by atoms with Crippen LogP contribution < -0.4 is 5.32 Å². The Balaban J connectivity index is 1.52. The molecule has 1 aromatic carbocycles. The molecule has 0 aliphatic rings. The van der Waals surface area contributed by atoms with E-state index in [-0.39, 0.29) is 12.3 Å². The lowest BCUT2D eigenvalue weighted by molar-refractivity contribution is -0.115. The maximum Gasteiger partial charge on any atom is 0.231 e. The molecule has 0 atom stereocenters. The van der Waals surface area contributed by atoms with Crippen LogP contribution in [0.4, 0.5) is 5.69 Å². The summed E-state index contributed by atoms with van der Waals surface area (Å²) in [6, 6.07) is 10.00. The van der Waals surface area contributed by atoms with Crippen LogP contribution in [-0.2, 0) is 11.2 Å². The van der Waals surface area contributed by atoms with E-state index in [1.165, 1.54) is 16.9 Å². The monoisotopic (exact) mass is 420 g/mol. The first-order valence-corrected chi connectivity index (χ1v) is 10.6. The maximum absolute atomic E-state index is 12.5. The number of rotatable bonds is 5. The van der Waals surface area contributed by atoms with Gasteiger partial charge in [-0.1, -0.05) is 22.9 Å². The Labute approximate surface area is 179 Å². The summed E-state index contributed by atoms with van der Waals surface area (Å²) < 4.78 is 7.28. The van der Waals surface area contributed by atoms with E-state index >= 15 is 0 Å². The zero-order valence-electron chi connectivity index (χ0n) is 17.7. The highest BCUT2D eigenvalue weighted by Crippen LogP contribution is 2.30. The molecule has 7 heteroatoms. The zero-order chi connectivity index (χ0) is 21.4. The van der Waals surface area contributed by atoms with Gasteiger partial charge in [-0.05, 0) is 52.3 Å². The fraction of sp³-hybridized carbons (Fsp3) is 0.261. The van der Waals surface area contributed by atoms with Gasteiger partial charge in [0.25, 0.3) is 0 Å². The van der Waals surface area contributed by atoms with Crippen LogP contribution in [0.15, 0.2) is 40.2 Å². The molecule has 30 heavy (non-hydrogen) atoms. The molecule has 0 fully saturated rings. The van der Waals surface area contributed by atoms with Gasteiger partial charge in [0.05, 0.1) is 12.1 Å². The van der Waals surface area contributed by atoms with Crippen molar-refractivity contribution in [1.82, 2.24) is 14.7 Å². The third-order valence-corrected chi connectivity index (χ3v) is 5.92. The number of hydrogen-bond donors (Lipinski definition) is 1. The number of nitrogens with one attached hydrogen (secondary N) is 1. The summed E-state index contributed by atoms with van der Waals surface area (Å²) in [5.41, 5.74) is 7.07. The Morgan fingerprint density at radius 1 is 1.13 bits per heavy atom. The van der Waals surface area contributed by atoms with Crippen molar-refractivity contribution in [2.45, 2.75) is 41.0 Å². The molecule has 3 heterocycles. The van der Waals surface area contributed by atoms with E-state index in [0.717, 1.165) is 50.5 Å². The first-order valence-electron chi connectivity index (χ1n) is 9.76. The molecule has 1 amide bonds. The van der Waals surface area contributed by atoms with Gasteiger partial charge in [-0.15, -0.1) is 11.3 Å². The van der Waals surface area contributed by atoms with Crippen molar-refractivity contribution in [2.75, 3.05) is 5.32 Å². The molecule has 0 saturated carbocycles. The topological polar surface area (TPSA) is 73.0 Å². The molecule has 0 aliphatic carbocycles. The number of nitrogens with zero attached hydrogens (tertiary/aromatic N) is 3. The van der Waals surface area contributed by atoms with Crippen molar-refractivity contribution in [3.05, 3.63) is 69.0 Å². The Morgan fingerprint density at radius 3 is 2.63 bits per heavy atom. The Hall–Kier alpha value is -3.19. The number of anilines is 1. The Bertz CT molecular complexity index is 1230. The molecule has 0 unspecified atom stereocenters. The number of thiazole rings is 1. The molecule has 4 rings (SSSR count). The predicted molar refractivity (Wildman–Crippen MR) is 119 cm³/mol. The second-order valence-electron chi connectivity index (χ2n) is 7.59. The maximum atomic E-state index is 12.5. The lowest BCUT2D eigenvalue weighted by Crippen LogP contribution is -2.15. The van der Waals surface area contributed by atoms with Crippen LogP contribution >= 0.6 is 11.3 Å². The van der Waals surface area contributed by atoms with Crippen molar-refractivity contribution >= 4 is 22.9 Å². The van der Waals surface area contributed by atoms with Gasteiger partial charge in [0.1, 0.15) is 10.8 Å². The number of carbonyl (C=O) groups is 1. The normalized spacial score (nSPS) is 11.1. The van der Waals surface area contributed by atoms with Gasteiger partial charge in [0.15, 0.2) is 5.82 Å².